The first kappa shape index (κ1) is 36.5. The highest BCUT2D eigenvalue weighted by molar-refractivity contribution is 8.17. The molecule has 1 saturated heterocycles. The van der Waals surface area contributed by atoms with Crippen molar-refractivity contribution in [2.75, 3.05) is 19.7 Å². The second-order valence-electron chi connectivity index (χ2n) is 8.84. The second kappa shape index (κ2) is 17.4. The average molecular weight is 640 g/mol. The topological polar surface area (TPSA) is 256 Å². The molecule has 0 aromatic rings. The van der Waals surface area contributed by atoms with E-state index in [-0.39, 0.29) is 17.8 Å². The number of hydrogen-bond acceptors (Lipinski definition) is 15. The SMILES string of the molecule is CC(=O)OC[C@H]1O[C@@H](C(=S=S)C(NCCC(N)C(=O)O)C(=O)NCC(=O)O)[C@H](OC(C)=O)[C@@H](OC(C)=O)[C@@H]1OC(C)=O. The summed E-state index contributed by atoms with van der Waals surface area (Å²) in [5.41, 5.74) is 5.54. The lowest BCUT2D eigenvalue weighted by atomic mass is 9.90. The van der Waals surface area contributed by atoms with Crippen LogP contribution in [0.2, 0.25) is 0 Å². The minimum atomic E-state index is -1.59. The summed E-state index contributed by atoms with van der Waals surface area (Å²) in [6.45, 7) is 2.66. The van der Waals surface area contributed by atoms with Crippen LogP contribution in [0.5, 0.6) is 0 Å². The van der Waals surface area contributed by atoms with Crippen LogP contribution >= 0.6 is 0 Å². The van der Waals surface area contributed by atoms with E-state index in [1.54, 1.807) is 0 Å². The lowest BCUT2D eigenvalue weighted by Crippen LogP contribution is -2.67. The zero-order valence-corrected chi connectivity index (χ0v) is 24.7. The maximum absolute atomic E-state index is 13.1. The summed E-state index contributed by atoms with van der Waals surface area (Å²) >= 11 is 5.19. The van der Waals surface area contributed by atoms with Gasteiger partial charge in [-0.25, -0.2) is 0 Å². The van der Waals surface area contributed by atoms with E-state index in [0.29, 0.717) is 9.91 Å². The van der Waals surface area contributed by atoms with Crippen molar-refractivity contribution in [1.82, 2.24) is 10.6 Å². The number of amides is 1. The number of carboxylic acid groups (broad SMARTS) is 2. The molecule has 7 atom stereocenters. The Hall–Kier alpha value is -3.52. The molecule has 1 heterocycles. The number of ether oxygens (including phenoxy) is 5. The summed E-state index contributed by atoms with van der Waals surface area (Å²) in [5, 5.41) is 23.0. The number of hydrogen-bond donors (Lipinski definition) is 5. The highest BCUT2D eigenvalue weighted by Gasteiger charge is 2.54. The molecule has 42 heavy (non-hydrogen) atoms. The third-order valence-corrected chi connectivity index (χ3v) is 6.69. The smallest absolute Gasteiger partial charge is 0.322 e. The number of rotatable bonds is 15. The molecule has 2 unspecified atom stereocenters. The highest BCUT2D eigenvalue weighted by Crippen LogP contribution is 2.30. The molecule has 0 aromatic heterocycles. The van der Waals surface area contributed by atoms with Crippen LogP contribution in [0.25, 0.3) is 0 Å². The van der Waals surface area contributed by atoms with Gasteiger partial charge in [0.15, 0.2) is 18.3 Å². The monoisotopic (exact) mass is 639 g/mol. The normalized spacial score (nSPS) is 22.8. The van der Waals surface area contributed by atoms with Gasteiger partial charge in [0.2, 0.25) is 5.91 Å². The van der Waals surface area contributed by atoms with Gasteiger partial charge in [0.05, 0.1) is 4.86 Å². The maximum atomic E-state index is 13.1. The first-order valence-corrected chi connectivity index (χ1v) is 14.0. The van der Waals surface area contributed by atoms with Crippen molar-refractivity contribution in [3.05, 3.63) is 0 Å². The largest absolute Gasteiger partial charge is 0.480 e. The van der Waals surface area contributed by atoms with Crippen LogP contribution in [0.1, 0.15) is 34.1 Å². The van der Waals surface area contributed by atoms with Gasteiger partial charge < -0.3 is 50.3 Å². The molecule has 6 N–H and O–H groups in total. The number of carbonyl (C=O) groups excluding carboxylic acids is 5. The fraction of sp³-hybridized carbons (Fsp3) is 0.652. The Morgan fingerprint density at radius 1 is 0.905 bits per heavy atom. The highest BCUT2D eigenvalue weighted by atomic mass is 32.8. The van der Waals surface area contributed by atoms with Crippen LogP contribution in [0.4, 0.5) is 0 Å². The second-order valence-corrected chi connectivity index (χ2v) is 9.98. The first-order valence-electron chi connectivity index (χ1n) is 12.3. The molecule has 1 aliphatic heterocycles. The fourth-order valence-corrected chi connectivity index (χ4v) is 4.96. The molecule has 236 valence electrons. The zero-order valence-electron chi connectivity index (χ0n) is 23.1. The third kappa shape index (κ3) is 11.8. The molecule has 1 fully saturated rings. The predicted octanol–water partition coefficient (Wildman–Crippen LogP) is -3.21. The summed E-state index contributed by atoms with van der Waals surface area (Å²) in [6.07, 6.45) is -7.66. The van der Waals surface area contributed by atoms with Gasteiger partial charge in [0.25, 0.3) is 0 Å². The molecule has 1 rings (SSSR count). The summed E-state index contributed by atoms with van der Waals surface area (Å²) in [5.74, 6) is -7.01. The molecule has 0 bridgehead atoms. The van der Waals surface area contributed by atoms with Crippen LogP contribution in [-0.4, -0.2) is 119 Å². The summed E-state index contributed by atoms with van der Waals surface area (Å²) in [4.78, 5) is 83.0. The van der Waals surface area contributed by atoms with E-state index in [0.717, 1.165) is 27.7 Å². The molecule has 0 aliphatic carbocycles. The van der Waals surface area contributed by atoms with Crippen molar-refractivity contribution in [2.24, 2.45) is 5.73 Å². The average Bonchev–Trinajstić information content (AvgIpc) is 2.87. The van der Waals surface area contributed by atoms with Gasteiger partial charge in [-0.1, -0.05) is 9.91 Å². The Kier molecular flexibility index (Phi) is 15.2. The molecule has 19 heteroatoms. The van der Waals surface area contributed by atoms with Gasteiger partial charge in [0, 0.05) is 27.7 Å². The lowest BCUT2D eigenvalue weighted by Gasteiger charge is -2.45. The van der Waals surface area contributed by atoms with E-state index < -0.39 is 97.5 Å². The van der Waals surface area contributed by atoms with Crippen molar-refractivity contribution in [3.8, 4) is 0 Å². The first-order chi connectivity index (χ1) is 19.6. The predicted molar refractivity (Wildman–Crippen MR) is 144 cm³/mol. The van der Waals surface area contributed by atoms with Crippen molar-refractivity contribution >= 4 is 67.7 Å². The summed E-state index contributed by atoms with van der Waals surface area (Å²) in [6, 6.07) is -2.82. The molecule has 17 nitrogen and oxygen atoms in total. The molecule has 0 radical (unpaired) electrons. The Balaban J connectivity index is 3.69. The van der Waals surface area contributed by atoms with E-state index in [2.05, 4.69) is 10.6 Å². The van der Waals surface area contributed by atoms with Crippen molar-refractivity contribution < 1.29 is 67.5 Å². The van der Waals surface area contributed by atoms with Crippen LogP contribution in [0.15, 0.2) is 0 Å². The molecule has 0 saturated carbocycles. The van der Waals surface area contributed by atoms with Gasteiger partial charge in [-0.2, -0.15) is 0 Å². The van der Waals surface area contributed by atoms with Crippen LogP contribution in [0.3, 0.4) is 0 Å². The minimum Gasteiger partial charge on any atom is -0.480 e. The molecule has 1 amide bonds. The number of esters is 4. The van der Waals surface area contributed by atoms with E-state index >= 15 is 0 Å². The molecule has 0 spiro atoms. The van der Waals surface area contributed by atoms with Crippen LogP contribution in [0, 0.1) is 0 Å². The van der Waals surface area contributed by atoms with Crippen LogP contribution < -0.4 is 16.4 Å². The molecule has 1 aliphatic rings. The summed E-state index contributed by atoms with van der Waals surface area (Å²) in [7, 11) is 0.515. The number of nitrogens with two attached hydrogens (primary N) is 1. The Morgan fingerprint density at radius 3 is 1.93 bits per heavy atom. The number of nitrogens with one attached hydrogen (secondary N) is 2. The van der Waals surface area contributed by atoms with Crippen LogP contribution in [-0.2, 0) is 78.3 Å². The Bertz CT molecular complexity index is 1110. The fourth-order valence-electron chi connectivity index (χ4n) is 3.81. The quantitative estimate of drug-likeness (QED) is 0.0671. The molecule has 0 aromatic carbocycles. The number of carbonyl (C=O) groups is 7. The van der Waals surface area contributed by atoms with Gasteiger partial charge in [-0.05, 0) is 24.2 Å². The van der Waals surface area contributed by atoms with Crippen molar-refractivity contribution in [1.29, 1.82) is 0 Å². The minimum absolute atomic E-state index is 0.116. The zero-order chi connectivity index (χ0) is 32.1. The number of carboxylic acids is 2. The maximum Gasteiger partial charge on any atom is 0.322 e. The van der Waals surface area contributed by atoms with E-state index in [1.165, 1.54) is 0 Å². The van der Waals surface area contributed by atoms with E-state index in [4.69, 9.17) is 50.8 Å². The van der Waals surface area contributed by atoms with Gasteiger partial charge in [0.1, 0.15) is 37.4 Å². The van der Waals surface area contributed by atoms with Crippen molar-refractivity contribution in [3.63, 3.8) is 0 Å². The summed E-state index contributed by atoms with van der Waals surface area (Å²) < 4.78 is 27.2. The van der Waals surface area contributed by atoms with Gasteiger partial charge in [-0.3, -0.25) is 33.6 Å². The Morgan fingerprint density at radius 2 is 1.45 bits per heavy atom. The standard InChI is InChI=1S/C23H33N3O14S2/c1-9(27)36-8-14-17(37-10(2)28)18(38-11(3)29)19(39-12(4)30)20(40-14)21(42-41)16(22(33)26-7-15(31)32)25-6-5-13(24)23(34)35/h13-14,16-20,25H,5-8,24H2,1-4H3,(H,26,33)(H,31,32)(H,34,35)/t13?,14-,16?,17-,18+,19-,20-/m1/s1. The van der Waals surface area contributed by atoms with E-state index in [1.807, 2.05) is 0 Å². The van der Waals surface area contributed by atoms with Gasteiger partial charge in [-0.15, -0.1) is 0 Å². The van der Waals surface area contributed by atoms with Crippen molar-refractivity contribution in [2.45, 2.75) is 76.7 Å². The Labute approximate surface area is 247 Å². The number of aliphatic carboxylic acids is 2. The lowest BCUT2D eigenvalue weighted by molar-refractivity contribution is -0.241. The van der Waals surface area contributed by atoms with Gasteiger partial charge >= 0.3 is 35.8 Å². The molecular formula is C23H33N3O14S2. The third-order valence-electron chi connectivity index (χ3n) is 5.45. The van der Waals surface area contributed by atoms with E-state index in [9.17, 15) is 33.6 Å². The molecular weight excluding hydrogens is 606 g/mol.